The maximum absolute atomic E-state index is 12.2. The number of hydrogen-bond donors (Lipinski definition) is 1. The summed E-state index contributed by atoms with van der Waals surface area (Å²) in [5.41, 5.74) is 6.08. The fraction of sp³-hybridized carbons (Fsp3) is 0.643. The molecule has 0 unspecified atom stereocenters. The number of carbonyl (C=O) groups is 1. The molecule has 100 valence electrons. The van der Waals surface area contributed by atoms with Crippen LogP contribution in [-0.4, -0.2) is 23.4 Å². The average Bonchev–Trinajstić information content (AvgIpc) is 2.82. The SMILES string of the molecule is CN(Cc1cccs1)C(=O)CC1(N)CCCCC1. The van der Waals surface area contributed by atoms with E-state index in [4.69, 9.17) is 5.73 Å². The molecule has 4 heteroatoms. The third kappa shape index (κ3) is 3.56. The molecule has 1 saturated carbocycles. The van der Waals surface area contributed by atoms with Gasteiger partial charge in [0.2, 0.25) is 5.91 Å². The van der Waals surface area contributed by atoms with Gasteiger partial charge >= 0.3 is 0 Å². The fourth-order valence-electron chi connectivity index (χ4n) is 2.59. The van der Waals surface area contributed by atoms with Crippen LogP contribution in [0.15, 0.2) is 17.5 Å². The summed E-state index contributed by atoms with van der Waals surface area (Å²) < 4.78 is 0. The van der Waals surface area contributed by atoms with E-state index in [1.54, 1.807) is 16.2 Å². The Labute approximate surface area is 113 Å². The van der Waals surface area contributed by atoms with Gasteiger partial charge in [0.1, 0.15) is 0 Å². The van der Waals surface area contributed by atoms with Crippen molar-refractivity contribution >= 4 is 17.2 Å². The third-order valence-corrected chi connectivity index (χ3v) is 4.61. The van der Waals surface area contributed by atoms with Crippen LogP contribution < -0.4 is 5.73 Å². The smallest absolute Gasteiger partial charge is 0.224 e. The lowest BCUT2D eigenvalue weighted by Crippen LogP contribution is -2.46. The zero-order valence-electron chi connectivity index (χ0n) is 11.0. The van der Waals surface area contributed by atoms with E-state index < -0.39 is 0 Å². The van der Waals surface area contributed by atoms with Gasteiger partial charge in [-0.05, 0) is 24.3 Å². The monoisotopic (exact) mass is 266 g/mol. The molecule has 1 aliphatic carbocycles. The first kappa shape index (κ1) is 13.6. The second-order valence-electron chi connectivity index (χ2n) is 5.43. The van der Waals surface area contributed by atoms with Gasteiger partial charge in [-0.25, -0.2) is 0 Å². The van der Waals surface area contributed by atoms with E-state index in [9.17, 15) is 4.79 Å². The van der Waals surface area contributed by atoms with Gasteiger partial charge in [-0.3, -0.25) is 4.79 Å². The van der Waals surface area contributed by atoms with Gasteiger partial charge in [0.25, 0.3) is 0 Å². The molecule has 1 heterocycles. The molecule has 18 heavy (non-hydrogen) atoms. The summed E-state index contributed by atoms with van der Waals surface area (Å²) in [7, 11) is 1.87. The minimum absolute atomic E-state index is 0.174. The van der Waals surface area contributed by atoms with Gasteiger partial charge < -0.3 is 10.6 Å². The van der Waals surface area contributed by atoms with Gasteiger partial charge in [0.05, 0.1) is 6.54 Å². The summed E-state index contributed by atoms with van der Waals surface area (Å²) in [4.78, 5) is 15.2. The summed E-state index contributed by atoms with van der Waals surface area (Å²) in [6, 6.07) is 4.08. The molecule has 3 nitrogen and oxygen atoms in total. The van der Waals surface area contributed by atoms with Crippen LogP contribution in [0.5, 0.6) is 0 Å². The Hall–Kier alpha value is -0.870. The first-order chi connectivity index (χ1) is 8.59. The number of thiophene rings is 1. The number of rotatable bonds is 4. The van der Waals surface area contributed by atoms with Gasteiger partial charge in [-0.2, -0.15) is 0 Å². The molecular formula is C14H22N2OS. The Kier molecular flexibility index (Phi) is 4.40. The topological polar surface area (TPSA) is 46.3 Å². The van der Waals surface area contributed by atoms with Crippen molar-refractivity contribution in [3.05, 3.63) is 22.4 Å². The molecule has 1 aromatic heterocycles. The lowest BCUT2D eigenvalue weighted by Gasteiger charge is -2.34. The maximum atomic E-state index is 12.2. The van der Waals surface area contributed by atoms with Gasteiger partial charge in [0, 0.05) is 23.9 Å². The second kappa shape index (κ2) is 5.85. The molecule has 0 saturated heterocycles. The summed E-state index contributed by atoms with van der Waals surface area (Å²) in [5, 5.41) is 2.04. The minimum Gasteiger partial charge on any atom is -0.341 e. The van der Waals surface area contributed by atoms with E-state index >= 15 is 0 Å². The molecule has 1 fully saturated rings. The van der Waals surface area contributed by atoms with Gasteiger partial charge in [-0.1, -0.05) is 25.3 Å². The van der Waals surface area contributed by atoms with E-state index in [2.05, 4.69) is 6.07 Å². The third-order valence-electron chi connectivity index (χ3n) is 3.75. The van der Waals surface area contributed by atoms with E-state index in [0.29, 0.717) is 13.0 Å². The number of nitrogens with two attached hydrogens (primary N) is 1. The first-order valence-corrected chi connectivity index (χ1v) is 7.52. The highest BCUT2D eigenvalue weighted by molar-refractivity contribution is 7.09. The molecule has 0 atom stereocenters. The zero-order chi connectivity index (χ0) is 13.0. The van der Waals surface area contributed by atoms with Crippen molar-refractivity contribution in [1.29, 1.82) is 0 Å². The first-order valence-electron chi connectivity index (χ1n) is 6.64. The predicted octanol–water partition coefficient (Wildman–Crippen LogP) is 2.76. The number of amides is 1. The zero-order valence-corrected chi connectivity index (χ0v) is 11.8. The van der Waals surface area contributed by atoms with E-state index in [1.165, 1.54) is 24.1 Å². The summed E-state index contributed by atoms with van der Waals surface area (Å²) in [6.07, 6.45) is 6.07. The molecule has 1 aromatic rings. The van der Waals surface area contributed by atoms with Crippen LogP contribution in [-0.2, 0) is 11.3 Å². The van der Waals surface area contributed by atoms with Crippen LogP contribution >= 0.6 is 11.3 Å². The maximum Gasteiger partial charge on any atom is 0.224 e. The van der Waals surface area contributed by atoms with E-state index in [-0.39, 0.29) is 11.4 Å². The van der Waals surface area contributed by atoms with E-state index in [1.807, 2.05) is 18.5 Å². The molecule has 1 aliphatic rings. The Morgan fingerprint density at radius 2 is 2.17 bits per heavy atom. The largest absolute Gasteiger partial charge is 0.341 e. The highest BCUT2D eigenvalue weighted by atomic mass is 32.1. The van der Waals surface area contributed by atoms with Crippen molar-refractivity contribution in [3.63, 3.8) is 0 Å². The fourth-order valence-corrected chi connectivity index (χ4v) is 3.35. The van der Waals surface area contributed by atoms with Crippen LogP contribution in [0.1, 0.15) is 43.4 Å². The van der Waals surface area contributed by atoms with Crippen molar-refractivity contribution in [1.82, 2.24) is 4.90 Å². The Morgan fingerprint density at radius 1 is 1.44 bits per heavy atom. The minimum atomic E-state index is -0.251. The summed E-state index contributed by atoms with van der Waals surface area (Å²) in [6.45, 7) is 0.701. The van der Waals surface area contributed by atoms with Crippen LogP contribution in [0.25, 0.3) is 0 Å². The Balaban J connectivity index is 1.86. The van der Waals surface area contributed by atoms with Crippen molar-refractivity contribution in [3.8, 4) is 0 Å². The molecule has 0 radical (unpaired) electrons. The van der Waals surface area contributed by atoms with Crippen LogP contribution in [0.4, 0.5) is 0 Å². The quantitative estimate of drug-likeness (QED) is 0.911. The summed E-state index contributed by atoms with van der Waals surface area (Å²) >= 11 is 1.69. The molecule has 2 rings (SSSR count). The molecular weight excluding hydrogens is 244 g/mol. The summed E-state index contributed by atoms with van der Waals surface area (Å²) in [5.74, 6) is 0.174. The highest BCUT2D eigenvalue weighted by Crippen LogP contribution is 2.29. The normalized spacial score (nSPS) is 18.6. The lowest BCUT2D eigenvalue weighted by molar-refractivity contribution is -0.132. The van der Waals surface area contributed by atoms with Crippen LogP contribution in [0.2, 0.25) is 0 Å². The lowest BCUT2D eigenvalue weighted by atomic mass is 9.80. The molecule has 0 aromatic carbocycles. The molecule has 1 amide bonds. The Bertz CT molecular complexity index is 383. The van der Waals surface area contributed by atoms with Crippen molar-refractivity contribution in [2.24, 2.45) is 5.73 Å². The standard InChI is InChI=1S/C14H22N2OS/c1-16(11-12-6-5-9-18-12)13(17)10-14(15)7-3-2-4-8-14/h5-6,9H,2-4,7-8,10-11,15H2,1H3. The number of carbonyl (C=O) groups excluding carboxylic acids is 1. The van der Waals surface area contributed by atoms with Gasteiger partial charge in [-0.15, -0.1) is 11.3 Å². The average molecular weight is 266 g/mol. The van der Waals surface area contributed by atoms with Crippen molar-refractivity contribution < 1.29 is 4.79 Å². The van der Waals surface area contributed by atoms with E-state index in [0.717, 1.165) is 12.8 Å². The van der Waals surface area contributed by atoms with Crippen LogP contribution in [0, 0.1) is 0 Å². The second-order valence-corrected chi connectivity index (χ2v) is 6.46. The highest BCUT2D eigenvalue weighted by Gasteiger charge is 2.31. The molecule has 0 bridgehead atoms. The van der Waals surface area contributed by atoms with Crippen molar-refractivity contribution in [2.75, 3.05) is 7.05 Å². The predicted molar refractivity (Wildman–Crippen MR) is 75.4 cm³/mol. The Morgan fingerprint density at radius 3 is 2.78 bits per heavy atom. The molecule has 0 aliphatic heterocycles. The number of hydrogen-bond acceptors (Lipinski definition) is 3. The molecule has 0 spiro atoms. The van der Waals surface area contributed by atoms with Crippen molar-refractivity contribution in [2.45, 2.75) is 50.6 Å². The molecule has 2 N–H and O–H groups in total. The number of nitrogens with zero attached hydrogens (tertiary/aromatic N) is 1. The van der Waals surface area contributed by atoms with Gasteiger partial charge in [0.15, 0.2) is 0 Å². The van der Waals surface area contributed by atoms with Crippen LogP contribution in [0.3, 0.4) is 0 Å².